The third-order valence-electron chi connectivity index (χ3n) is 1.39. The molecule has 1 aromatic heterocycles. The number of hydrogen-bond acceptors (Lipinski definition) is 2. The van der Waals surface area contributed by atoms with Gasteiger partial charge in [-0.2, -0.15) is 13.9 Å². The van der Waals surface area contributed by atoms with Crippen molar-refractivity contribution in [2.75, 3.05) is 0 Å². The van der Waals surface area contributed by atoms with Gasteiger partial charge in [0.15, 0.2) is 0 Å². The van der Waals surface area contributed by atoms with Crippen LogP contribution in [0.25, 0.3) is 0 Å². The van der Waals surface area contributed by atoms with Gasteiger partial charge in [0.2, 0.25) is 0 Å². The molecule has 5 heteroatoms. The summed E-state index contributed by atoms with van der Waals surface area (Å²) in [4.78, 5) is 0. The van der Waals surface area contributed by atoms with E-state index in [9.17, 15) is 8.78 Å². The first-order chi connectivity index (χ1) is 5.65. The van der Waals surface area contributed by atoms with E-state index in [2.05, 4.69) is 11.3 Å². The van der Waals surface area contributed by atoms with Gasteiger partial charge in [-0.3, -0.25) is 4.68 Å². The first-order valence-corrected chi connectivity index (χ1v) is 4.43. The Kier molecular flexibility index (Phi) is 3.08. The fourth-order valence-corrected chi connectivity index (χ4v) is 1.55. The Morgan fingerprint density at radius 1 is 1.67 bits per heavy atom. The highest BCUT2D eigenvalue weighted by molar-refractivity contribution is 7.99. The molecule has 0 aliphatic heterocycles. The predicted octanol–water partition coefficient (Wildman–Crippen LogP) is 2.33. The van der Waals surface area contributed by atoms with Crippen molar-refractivity contribution in [2.24, 2.45) is 0 Å². The molecular weight excluding hydrogens is 182 g/mol. The molecule has 0 saturated heterocycles. The van der Waals surface area contributed by atoms with Crippen LogP contribution in [0.1, 0.15) is 12.5 Å². The van der Waals surface area contributed by atoms with Crippen LogP contribution < -0.4 is 0 Å². The van der Waals surface area contributed by atoms with Gasteiger partial charge in [-0.05, 0) is 25.6 Å². The number of alkyl halides is 2. The number of thioether (sulfide) groups is 1. The summed E-state index contributed by atoms with van der Waals surface area (Å²) < 4.78 is 25.5. The number of hydrogen-bond donors (Lipinski definition) is 0. The molecule has 67 valence electrons. The molecule has 0 aromatic carbocycles. The molecular formula is C7H9F2N2S. The van der Waals surface area contributed by atoms with Gasteiger partial charge in [0.25, 0.3) is 5.76 Å². The molecule has 0 aliphatic carbocycles. The van der Waals surface area contributed by atoms with E-state index in [1.54, 1.807) is 6.92 Å². The summed E-state index contributed by atoms with van der Waals surface area (Å²) in [5.41, 5.74) is 0.683. The van der Waals surface area contributed by atoms with Gasteiger partial charge >= 0.3 is 0 Å². The van der Waals surface area contributed by atoms with Crippen molar-refractivity contribution in [3.63, 3.8) is 0 Å². The lowest BCUT2D eigenvalue weighted by atomic mass is 10.4. The second kappa shape index (κ2) is 3.89. The predicted molar refractivity (Wildman–Crippen MR) is 43.3 cm³/mol. The zero-order valence-corrected chi connectivity index (χ0v) is 7.66. The van der Waals surface area contributed by atoms with Crippen molar-refractivity contribution in [1.82, 2.24) is 9.78 Å². The molecule has 1 aromatic rings. The molecule has 0 fully saturated rings. The van der Waals surface area contributed by atoms with Crippen LogP contribution in [0.4, 0.5) is 8.78 Å². The lowest BCUT2D eigenvalue weighted by Gasteiger charge is -2.03. The molecule has 0 bridgehead atoms. The van der Waals surface area contributed by atoms with E-state index >= 15 is 0 Å². The van der Waals surface area contributed by atoms with Crippen molar-refractivity contribution in [1.29, 1.82) is 0 Å². The Hall–Kier alpha value is -0.580. The molecule has 1 heterocycles. The van der Waals surface area contributed by atoms with Gasteiger partial charge in [-0.15, -0.1) is 0 Å². The van der Waals surface area contributed by atoms with E-state index in [1.165, 1.54) is 4.68 Å². The molecule has 0 N–H and O–H groups in total. The zero-order valence-electron chi connectivity index (χ0n) is 6.84. The Bertz CT molecular complexity index is 260. The van der Waals surface area contributed by atoms with Crippen molar-refractivity contribution in [2.45, 2.75) is 31.2 Å². The monoisotopic (exact) mass is 191 g/mol. The summed E-state index contributed by atoms with van der Waals surface area (Å²) in [6.07, 6.45) is 2.65. The quantitative estimate of drug-likeness (QED) is 0.682. The Balaban J connectivity index is 2.86. The SMILES string of the molecule is CCn1n[c]c(C)c1SC(F)F. The molecule has 0 amide bonds. The van der Waals surface area contributed by atoms with Crippen LogP contribution in [-0.4, -0.2) is 15.5 Å². The number of rotatable bonds is 3. The third-order valence-corrected chi connectivity index (χ3v) is 2.31. The van der Waals surface area contributed by atoms with Crippen LogP contribution in [0.5, 0.6) is 0 Å². The molecule has 1 radical (unpaired) electrons. The Morgan fingerprint density at radius 3 is 2.83 bits per heavy atom. The maximum atomic E-state index is 12.0. The smallest absolute Gasteiger partial charge is 0.258 e. The first kappa shape index (κ1) is 9.51. The highest BCUT2D eigenvalue weighted by Crippen LogP contribution is 2.27. The van der Waals surface area contributed by atoms with Crippen molar-refractivity contribution in [3.05, 3.63) is 11.8 Å². The van der Waals surface area contributed by atoms with Gasteiger partial charge < -0.3 is 0 Å². The van der Waals surface area contributed by atoms with E-state index in [0.29, 0.717) is 28.9 Å². The maximum absolute atomic E-state index is 12.0. The molecule has 0 aliphatic rings. The molecule has 1 rings (SSSR count). The largest absolute Gasteiger partial charge is 0.290 e. The Morgan fingerprint density at radius 2 is 2.33 bits per heavy atom. The highest BCUT2D eigenvalue weighted by atomic mass is 32.2. The van der Waals surface area contributed by atoms with Crippen LogP contribution in [-0.2, 0) is 6.54 Å². The minimum Gasteiger partial charge on any atom is -0.258 e. The second-order valence-corrected chi connectivity index (χ2v) is 3.21. The fourth-order valence-electron chi connectivity index (χ4n) is 0.870. The maximum Gasteiger partial charge on any atom is 0.290 e. The lowest BCUT2D eigenvalue weighted by Crippen LogP contribution is -1.99. The summed E-state index contributed by atoms with van der Waals surface area (Å²) in [6.45, 7) is 4.18. The van der Waals surface area contributed by atoms with Crippen LogP contribution in [0, 0.1) is 13.1 Å². The number of nitrogens with zero attached hydrogens (tertiary/aromatic N) is 2. The van der Waals surface area contributed by atoms with Gasteiger partial charge in [0.05, 0.1) is 0 Å². The number of aryl methyl sites for hydroxylation is 2. The Labute approximate surface area is 74.0 Å². The van der Waals surface area contributed by atoms with Crippen molar-refractivity contribution >= 4 is 11.8 Å². The first-order valence-electron chi connectivity index (χ1n) is 3.55. The van der Waals surface area contributed by atoms with Crippen LogP contribution in [0.15, 0.2) is 5.03 Å². The van der Waals surface area contributed by atoms with E-state index in [1.807, 2.05) is 6.92 Å². The summed E-state index contributed by atoms with van der Waals surface area (Å²) >= 11 is 0.519. The average molecular weight is 191 g/mol. The molecule has 2 nitrogen and oxygen atoms in total. The van der Waals surface area contributed by atoms with Crippen molar-refractivity contribution in [3.8, 4) is 0 Å². The minimum absolute atomic E-state index is 0.507. The summed E-state index contributed by atoms with van der Waals surface area (Å²) in [7, 11) is 0. The normalized spacial score (nSPS) is 11.1. The van der Waals surface area contributed by atoms with Gasteiger partial charge in [0.1, 0.15) is 11.2 Å². The van der Waals surface area contributed by atoms with E-state index < -0.39 is 5.76 Å². The van der Waals surface area contributed by atoms with Gasteiger partial charge in [-0.25, -0.2) is 0 Å². The second-order valence-electron chi connectivity index (χ2n) is 2.24. The van der Waals surface area contributed by atoms with Crippen LogP contribution >= 0.6 is 11.8 Å². The van der Waals surface area contributed by atoms with Crippen LogP contribution in [0.2, 0.25) is 0 Å². The molecule has 0 unspecified atom stereocenters. The van der Waals surface area contributed by atoms with Crippen molar-refractivity contribution < 1.29 is 8.78 Å². The van der Waals surface area contributed by atoms with Crippen LogP contribution in [0.3, 0.4) is 0 Å². The minimum atomic E-state index is -2.39. The average Bonchev–Trinajstić information content (AvgIpc) is 2.32. The topological polar surface area (TPSA) is 17.8 Å². The van der Waals surface area contributed by atoms with E-state index in [-0.39, 0.29) is 0 Å². The molecule has 0 spiro atoms. The summed E-state index contributed by atoms with van der Waals surface area (Å²) in [5.74, 6) is -2.39. The fraction of sp³-hybridized carbons (Fsp3) is 0.571. The van der Waals surface area contributed by atoms with Gasteiger partial charge in [-0.1, -0.05) is 0 Å². The lowest BCUT2D eigenvalue weighted by molar-refractivity contribution is 0.251. The number of halogens is 2. The third kappa shape index (κ3) is 1.97. The molecule has 12 heavy (non-hydrogen) atoms. The summed E-state index contributed by atoms with van der Waals surface area (Å²) in [6, 6.07) is 0. The molecule has 0 atom stereocenters. The standard InChI is InChI=1S/C7H9F2N2S/c1-3-11-6(12-7(8)9)5(2)4-10-11/h7H,3H2,1-2H3. The van der Waals surface area contributed by atoms with E-state index in [4.69, 9.17) is 0 Å². The summed E-state index contributed by atoms with van der Waals surface area (Å²) in [5, 5.41) is 4.33. The highest BCUT2D eigenvalue weighted by Gasteiger charge is 2.12. The van der Waals surface area contributed by atoms with Gasteiger partial charge in [0, 0.05) is 12.1 Å². The zero-order chi connectivity index (χ0) is 9.14. The van der Waals surface area contributed by atoms with E-state index in [0.717, 1.165) is 0 Å². The number of aromatic nitrogens is 2. The molecule has 0 saturated carbocycles.